The van der Waals surface area contributed by atoms with Crippen LogP contribution in [0.1, 0.15) is 5.89 Å². The molecule has 50 valence electrons. The second-order valence-electron chi connectivity index (χ2n) is 1.44. The van der Waals surface area contributed by atoms with Crippen LogP contribution in [0, 0.1) is 0 Å². The SMILES string of the molecule is CSCc1n[nH]c(=O)o1. The van der Waals surface area contributed by atoms with Crippen molar-refractivity contribution < 1.29 is 4.42 Å². The summed E-state index contributed by atoms with van der Waals surface area (Å²) in [4.78, 5) is 10.3. The molecule has 9 heavy (non-hydrogen) atoms. The van der Waals surface area contributed by atoms with E-state index in [-0.39, 0.29) is 0 Å². The monoisotopic (exact) mass is 146 g/mol. The van der Waals surface area contributed by atoms with Crippen molar-refractivity contribution in [2.75, 3.05) is 6.26 Å². The molecule has 0 fully saturated rings. The van der Waals surface area contributed by atoms with E-state index in [1.165, 1.54) is 0 Å². The summed E-state index contributed by atoms with van der Waals surface area (Å²) in [6.07, 6.45) is 1.91. The fourth-order valence-corrected chi connectivity index (χ4v) is 0.816. The highest BCUT2D eigenvalue weighted by molar-refractivity contribution is 7.97. The fraction of sp³-hybridized carbons (Fsp3) is 0.500. The highest BCUT2D eigenvalue weighted by Gasteiger charge is 1.96. The zero-order chi connectivity index (χ0) is 6.69. The van der Waals surface area contributed by atoms with Crippen LogP contribution >= 0.6 is 11.8 Å². The van der Waals surface area contributed by atoms with Gasteiger partial charge in [0.05, 0.1) is 5.75 Å². The van der Waals surface area contributed by atoms with Gasteiger partial charge in [0.15, 0.2) is 0 Å². The Hall–Kier alpha value is -0.710. The van der Waals surface area contributed by atoms with Gasteiger partial charge in [0.1, 0.15) is 0 Å². The van der Waals surface area contributed by atoms with Gasteiger partial charge >= 0.3 is 5.76 Å². The molecule has 0 radical (unpaired) electrons. The molecule has 0 aliphatic heterocycles. The minimum atomic E-state index is -0.487. The van der Waals surface area contributed by atoms with E-state index in [1.54, 1.807) is 11.8 Å². The first-order valence-electron chi connectivity index (χ1n) is 2.36. The summed E-state index contributed by atoms with van der Waals surface area (Å²) in [5.74, 6) is 0.602. The van der Waals surface area contributed by atoms with E-state index in [0.717, 1.165) is 0 Å². The summed E-state index contributed by atoms with van der Waals surface area (Å²) >= 11 is 1.55. The molecular formula is C4H6N2O2S. The van der Waals surface area contributed by atoms with E-state index in [4.69, 9.17) is 0 Å². The quantitative estimate of drug-likeness (QED) is 0.648. The van der Waals surface area contributed by atoms with Crippen LogP contribution in [0.3, 0.4) is 0 Å². The maximum absolute atomic E-state index is 10.3. The van der Waals surface area contributed by atoms with E-state index < -0.39 is 5.76 Å². The Morgan fingerprint density at radius 3 is 3.11 bits per heavy atom. The minimum absolute atomic E-state index is 0.451. The smallest absolute Gasteiger partial charge is 0.392 e. The van der Waals surface area contributed by atoms with Crippen molar-refractivity contribution in [3.05, 3.63) is 16.4 Å². The van der Waals surface area contributed by atoms with Gasteiger partial charge in [-0.05, 0) is 6.26 Å². The summed E-state index contributed by atoms with van der Waals surface area (Å²) in [7, 11) is 0. The molecule has 1 N–H and O–H groups in total. The summed E-state index contributed by atoms with van der Waals surface area (Å²) in [6.45, 7) is 0. The van der Waals surface area contributed by atoms with Gasteiger partial charge in [-0.2, -0.15) is 11.8 Å². The lowest BCUT2D eigenvalue weighted by Crippen LogP contribution is -1.93. The number of nitrogens with one attached hydrogen (secondary N) is 1. The van der Waals surface area contributed by atoms with Gasteiger partial charge in [0.2, 0.25) is 5.89 Å². The second-order valence-corrected chi connectivity index (χ2v) is 2.31. The molecule has 1 aromatic rings. The van der Waals surface area contributed by atoms with Crippen LogP contribution in [0.15, 0.2) is 9.21 Å². The van der Waals surface area contributed by atoms with Crippen LogP contribution in [0.4, 0.5) is 0 Å². The van der Waals surface area contributed by atoms with Gasteiger partial charge in [0, 0.05) is 0 Å². The molecule has 0 aliphatic rings. The maximum atomic E-state index is 10.3. The van der Waals surface area contributed by atoms with Crippen molar-refractivity contribution >= 4 is 11.8 Å². The number of aromatic amines is 1. The molecule has 4 nitrogen and oxygen atoms in total. The van der Waals surface area contributed by atoms with Crippen molar-refractivity contribution in [1.82, 2.24) is 10.2 Å². The third kappa shape index (κ3) is 1.60. The molecule has 0 saturated heterocycles. The molecule has 0 atom stereocenters. The number of hydrogen-bond donors (Lipinski definition) is 1. The van der Waals surface area contributed by atoms with Gasteiger partial charge in [-0.1, -0.05) is 0 Å². The Bertz CT molecular complexity index is 228. The van der Waals surface area contributed by atoms with E-state index in [9.17, 15) is 4.79 Å². The Morgan fingerprint density at radius 1 is 1.89 bits per heavy atom. The van der Waals surface area contributed by atoms with Gasteiger partial charge in [0.25, 0.3) is 0 Å². The van der Waals surface area contributed by atoms with E-state index in [1.807, 2.05) is 6.26 Å². The molecule has 0 saturated carbocycles. The summed E-state index contributed by atoms with van der Waals surface area (Å²) in [6, 6.07) is 0. The predicted octanol–water partition coefficient (Wildman–Crippen LogP) is 0.226. The Morgan fingerprint density at radius 2 is 2.67 bits per heavy atom. The Balaban J connectivity index is 2.73. The first-order valence-corrected chi connectivity index (χ1v) is 3.75. The topological polar surface area (TPSA) is 58.9 Å². The zero-order valence-electron chi connectivity index (χ0n) is 4.88. The lowest BCUT2D eigenvalue weighted by atomic mass is 10.8. The number of rotatable bonds is 2. The molecule has 1 heterocycles. The standard InChI is InChI=1S/C4H6N2O2S/c1-9-2-3-5-6-4(7)8-3/h2H2,1H3,(H,6,7). The van der Waals surface area contributed by atoms with E-state index in [2.05, 4.69) is 14.6 Å². The lowest BCUT2D eigenvalue weighted by Gasteiger charge is -1.82. The van der Waals surface area contributed by atoms with Crippen molar-refractivity contribution in [3.63, 3.8) is 0 Å². The van der Waals surface area contributed by atoms with Crippen LogP contribution in [-0.2, 0) is 5.75 Å². The average Bonchev–Trinajstić information content (AvgIpc) is 2.17. The second kappa shape index (κ2) is 2.72. The van der Waals surface area contributed by atoms with Gasteiger partial charge in [-0.3, -0.25) is 0 Å². The van der Waals surface area contributed by atoms with Gasteiger partial charge in [-0.25, -0.2) is 9.89 Å². The molecule has 0 aromatic carbocycles. The Labute approximate surface area is 55.6 Å². The predicted molar refractivity (Wildman–Crippen MR) is 34.3 cm³/mol. The Kier molecular flexibility index (Phi) is 1.94. The number of nitrogens with zero attached hydrogens (tertiary/aromatic N) is 1. The molecule has 0 amide bonds. The van der Waals surface area contributed by atoms with E-state index >= 15 is 0 Å². The lowest BCUT2D eigenvalue weighted by molar-refractivity contribution is 0.480. The first kappa shape index (κ1) is 6.41. The summed E-state index contributed by atoms with van der Waals surface area (Å²) in [5.41, 5.74) is 0. The molecule has 5 heteroatoms. The molecule has 0 bridgehead atoms. The van der Waals surface area contributed by atoms with Crippen LogP contribution in [0.5, 0.6) is 0 Å². The molecule has 1 rings (SSSR count). The highest BCUT2D eigenvalue weighted by atomic mass is 32.2. The normalized spacial score (nSPS) is 9.89. The number of thioether (sulfide) groups is 1. The first-order chi connectivity index (χ1) is 4.33. The summed E-state index contributed by atoms with van der Waals surface area (Å²) < 4.78 is 4.58. The highest BCUT2D eigenvalue weighted by Crippen LogP contribution is 2.01. The van der Waals surface area contributed by atoms with Crippen molar-refractivity contribution in [2.45, 2.75) is 5.75 Å². The average molecular weight is 146 g/mol. The largest absolute Gasteiger partial charge is 0.434 e. The van der Waals surface area contributed by atoms with Crippen LogP contribution in [0.2, 0.25) is 0 Å². The van der Waals surface area contributed by atoms with Crippen molar-refractivity contribution in [3.8, 4) is 0 Å². The van der Waals surface area contributed by atoms with Crippen molar-refractivity contribution in [2.24, 2.45) is 0 Å². The van der Waals surface area contributed by atoms with Crippen LogP contribution < -0.4 is 5.76 Å². The number of hydrogen-bond acceptors (Lipinski definition) is 4. The third-order valence-electron chi connectivity index (χ3n) is 0.750. The van der Waals surface area contributed by atoms with Crippen LogP contribution in [-0.4, -0.2) is 16.5 Å². The van der Waals surface area contributed by atoms with E-state index in [0.29, 0.717) is 11.6 Å². The molecule has 0 spiro atoms. The summed E-state index contributed by atoms with van der Waals surface area (Å²) in [5, 5.41) is 5.75. The molecule has 1 aromatic heterocycles. The van der Waals surface area contributed by atoms with Gasteiger partial charge in [-0.15, -0.1) is 5.10 Å². The molecule has 0 unspecified atom stereocenters. The van der Waals surface area contributed by atoms with Crippen LogP contribution in [0.25, 0.3) is 0 Å². The van der Waals surface area contributed by atoms with Crippen molar-refractivity contribution in [1.29, 1.82) is 0 Å². The third-order valence-corrected chi connectivity index (χ3v) is 1.29. The number of H-pyrrole nitrogens is 1. The minimum Gasteiger partial charge on any atom is -0.392 e. The fourth-order valence-electron chi connectivity index (χ4n) is 0.446. The maximum Gasteiger partial charge on any atom is 0.434 e. The molecule has 0 aliphatic carbocycles. The zero-order valence-corrected chi connectivity index (χ0v) is 5.70. The number of aromatic nitrogens is 2. The van der Waals surface area contributed by atoms with Gasteiger partial charge < -0.3 is 4.42 Å². The molecular weight excluding hydrogens is 140 g/mol.